The smallest absolute Gasteiger partial charge is 0.0828 e. The molecule has 1 aliphatic rings. The summed E-state index contributed by atoms with van der Waals surface area (Å²) >= 11 is 0. The number of rotatable bonds is 4. The van der Waals surface area contributed by atoms with Crippen molar-refractivity contribution in [2.45, 2.75) is 39.7 Å². The van der Waals surface area contributed by atoms with Gasteiger partial charge in [0.15, 0.2) is 0 Å². The minimum atomic E-state index is 0.414. The molecule has 3 nitrogen and oxygen atoms in total. The lowest BCUT2D eigenvalue weighted by Gasteiger charge is -2.20. The zero-order valence-corrected chi connectivity index (χ0v) is 12.8. The molecule has 1 heterocycles. The van der Waals surface area contributed by atoms with Crippen molar-refractivity contribution in [3.05, 3.63) is 46.8 Å². The lowest BCUT2D eigenvalue weighted by molar-refractivity contribution is 0.676. The molecule has 1 N–H and O–H groups in total. The zero-order chi connectivity index (χ0) is 14.3. The maximum absolute atomic E-state index is 4.51. The van der Waals surface area contributed by atoms with Crippen LogP contribution in [0.5, 0.6) is 0 Å². The van der Waals surface area contributed by atoms with Crippen molar-refractivity contribution >= 4 is 5.69 Å². The first-order valence-electron chi connectivity index (χ1n) is 7.39. The Morgan fingerprint density at radius 1 is 1.15 bits per heavy atom. The van der Waals surface area contributed by atoms with E-state index in [1.807, 2.05) is 11.7 Å². The Morgan fingerprint density at radius 2 is 1.80 bits per heavy atom. The highest BCUT2D eigenvalue weighted by Gasteiger charge is 2.33. The van der Waals surface area contributed by atoms with Gasteiger partial charge in [0.2, 0.25) is 0 Å². The molecule has 1 aromatic carbocycles. The Bertz CT molecular complexity index is 606. The normalized spacial score (nSPS) is 16.2. The van der Waals surface area contributed by atoms with Crippen molar-refractivity contribution in [3.8, 4) is 0 Å². The van der Waals surface area contributed by atoms with Crippen LogP contribution in [0.3, 0.4) is 0 Å². The molecule has 0 bridgehead atoms. The SMILES string of the molecule is Cc1ccc(C(Nc2c(C)nn(C)c2C)C2CC2)cc1. The standard InChI is InChI=1S/C17H23N3/c1-11-5-7-14(8-6-11)17(15-9-10-15)18-16-12(2)19-20(4)13(16)3/h5-8,15,17-18H,9-10H2,1-4H3. The number of nitrogens with one attached hydrogen (secondary N) is 1. The average molecular weight is 269 g/mol. The van der Waals surface area contributed by atoms with Gasteiger partial charge in [0.1, 0.15) is 0 Å². The summed E-state index contributed by atoms with van der Waals surface area (Å²) in [6, 6.07) is 9.33. The number of anilines is 1. The van der Waals surface area contributed by atoms with Gasteiger partial charge in [-0.05, 0) is 45.1 Å². The summed E-state index contributed by atoms with van der Waals surface area (Å²) in [6.07, 6.45) is 2.65. The Kier molecular flexibility index (Phi) is 3.28. The summed E-state index contributed by atoms with van der Waals surface area (Å²) in [4.78, 5) is 0. The van der Waals surface area contributed by atoms with Crippen molar-refractivity contribution < 1.29 is 0 Å². The molecular weight excluding hydrogens is 246 g/mol. The van der Waals surface area contributed by atoms with E-state index in [4.69, 9.17) is 0 Å². The second-order valence-electron chi connectivity index (χ2n) is 6.04. The summed E-state index contributed by atoms with van der Waals surface area (Å²) < 4.78 is 1.96. The van der Waals surface area contributed by atoms with Gasteiger partial charge in [-0.3, -0.25) is 4.68 Å². The fourth-order valence-electron chi connectivity index (χ4n) is 2.81. The van der Waals surface area contributed by atoms with Crippen molar-refractivity contribution in [1.29, 1.82) is 0 Å². The van der Waals surface area contributed by atoms with E-state index in [0.717, 1.165) is 11.6 Å². The molecule has 0 amide bonds. The van der Waals surface area contributed by atoms with Gasteiger partial charge < -0.3 is 5.32 Å². The monoisotopic (exact) mass is 269 g/mol. The van der Waals surface area contributed by atoms with Gasteiger partial charge in [0, 0.05) is 7.05 Å². The molecule has 106 valence electrons. The lowest BCUT2D eigenvalue weighted by atomic mass is 10.0. The molecule has 2 aromatic rings. The number of aryl methyl sites for hydroxylation is 3. The van der Waals surface area contributed by atoms with E-state index in [0.29, 0.717) is 6.04 Å². The Hall–Kier alpha value is -1.77. The first-order chi connectivity index (χ1) is 9.56. The highest BCUT2D eigenvalue weighted by molar-refractivity contribution is 5.54. The van der Waals surface area contributed by atoms with Gasteiger partial charge in [-0.25, -0.2) is 0 Å². The molecule has 1 fully saturated rings. The third kappa shape index (κ3) is 2.45. The molecular formula is C17H23N3. The van der Waals surface area contributed by atoms with Crippen LogP contribution in [0.1, 0.15) is 41.4 Å². The van der Waals surface area contributed by atoms with Gasteiger partial charge in [0.05, 0.1) is 23.1 Å². The van der Waals surface area contributed by atoms with Gasteiger partial charge >= 0.3 is 0 Å². The summed E-state index contributed by atoms with van der Waals surface area (Å²) in [7, 11) is 2.01. The Morgan fingerprint density at radius 3 is 2.30 bits per heavy atom. The predicted molar refractivity (Wildman–Crippen MR) is 82.9 cm³/mol. The van der Waals surface area contributed by atoms with E-state index in [1.54, 1.807) is 0 Å². The van der Waals surface area contributed by atoms with E-state index in [2.05, 4.69) is 55.5 Å². The van der Waals surface area contributed by atoms with Gasteiger partial charge in [-0.1, -0.05) is 29.8 Å². The molecule has 3 rings (SSSR count). The van der Waals surface area contributed by atoms with Gasteiger partial charge in [0.25, 0.3) is 0 Å². The second kappa shape index (κ2) is 4.97. The van der Waals surface area contributed by atoms with Crippen molar-refractivity contribution in [2.24, 2.45) is 13.0 Å². The van der Waals surface area contributed by atoms with Crippen LogP contribution in [0, 0.1) is 26.7 Å². The number of benzene rings is 1. The summed E-state index contributed by atoms with van der Waals surface area (Å²) in [5.74, 6) is 0.761. The van der Waals surface area contributed by atoms with Crippen molar-refractivity contribution in [3.63, 3.8) is 0 Å². The highest BCUT2D eigenvalue weighted by Crippen LogP contribution is 2.43. The maximum atomic E-state index is 4.51. The van der Waals surface area contributed by atoms with Gasteiger partial charge in [-0.15, -0.1) is 0 Å². The summed E-state index contributed by atoms with van der Waals surface area (Å²) in [5, 5.41) is 8.26. The highest BCUT2D eigenvalue weighted by atomic mass is 15.3. The minimum absolute atomic E-state index is 0.414. The molecule has 3 heteroatoms. The second-order valence-corrected chi connectivity index (χ2v) is 6.04. The first kappa shape index (κ1) is 13.2. The predicted octanol–water partition coefficient (Wildman–Crippen LogP) is 3.91. The maximum Gasteiger partial charge on any atom is 0.0828 e. The largest absolute Gasteiger partial charge is 0.375 e. The van der Waals surface area contributed by atoms with Crippen LogP contribution in [0.15, 0.2) is 24.3 Å². The van der Waals surface area contributed by atoms with Crippen LogP contribution in [-0.2, 0) is 7.05 Å². The third-order valence-electron chi connectivity index (χ3n) is 4.34. The molecule has 1 atom stereocenters. The van der Waals surface area contributed by atoms with Crippen LogP contribution >= 0.6 is 0 Å². The summed E-state index contributed by atoms with van der Waals surface area (Å²) in [5.41, 5.74) is 6.20. The molecule has 1 aromatic heterocycles. The quantitative estimate of drug-likeness (QED) is 0.912. The van der Waals surface area contributed by atoms with Gasteiger partial charge in [-0.2, -0.15) is 5.10 Å². The average Bonchev–Trinajstić information content (AvgIpc) is 3.21. The van der Waals surface area contributed by atoms with Crippen LogP contribution < -0.4 is 5.32 Å². The number of aromatic nitrogens is 2. The van der Waals surface area contributed by atoms with Crippen LogP contribution in [0.25, 0.3) is 0 Å². The lowest BCUT2D eigenvalue weighted by Crippen LogP contribution is -2.14. The molecule has 0 spiro atoms. The fraction of sp³-hybridized carbons (Fsp3) is 0.471. The van der Waals surface area contributed by atoms with Crippen LogP contribution in [0.2, 0.25) is 0 Å². The van der Waals surface area contributed by atoms with Crippen LogP contribution in [0.4, 0.5) is 5.69 Å². The van der Waals surface area contributed by atoms with E-state index >= 15 is 0 Å². The van der Waals surface area contributed by atoms with E-state index in [-0.39, 0.29) is 0 Å². The number of hydrogen-bond acceptors (Lipinski definition) is 2. The molecule has 1 unspecified atom stereocenters. The molecule has 20 heavy (non-hydrogen) atoms. The molecule has 1 saturated carbocycles. The zero-order valence-electron chi connectivity index (χ0n) is 12.8. The first-order valence-corrected chi connectivity index (χ1v) is 7.39. The molecule has 0 saturated heterocycles. The summed E-state index contributed by atoms with van der Waals surface area (Å²) in [6.45, 7) is 6.34. The Balaban J connectivity index is 1.90. The minimum Gasteiger partial charge on any atom is -0.375 e. The van der Waals surface area contributed by atoms with Crippen LogP contribution in [-0.4, -0.2) is 9.78 Å². The molecule has 0 radical (unpaired) electrons. The fourth-order valence-corrected chi connectivity index (χ4v) is 2.81. The van der Waals surface area contributed by atoms with E-state index < -0.39 is 0 Å². The number of hydrogen-bond donors (Lipinski definition) is 1. The van der Waals surface area contributed by atoms with E-state index in [9.17, 15) is 0 Å². The molecule has 0 aliphatic heterocycles. The Labute approximate surface area is 121 Å². The van der Waals surface area contributed by atoms with E-state index in [1.165, 1.54) is 35.3 Å². The number of nitrogens with zero attached hydrogens (tertiary/aromatic N) is 2. The topological polar surface area (TPSA) is 29.9 Å². The molecule has 1 aliphatic carbocycles. The van der Waals surface area contributed by atoms with Crippen molar-refractivity contribution in [1.82, 2.24) is 9.78 Å². The van der Waals surface area contributed by atoms with Crippen molar-refractivity contribution in [2.75, 3.05) is 5.32 Å². The third-order valence-corrected chi connectivity index (χ3v) is 4.34.